The molecule has 1 aliphatic rings. The van der Waals surface area contributed by atoms with E-state index in [1.54, 1.807) is 32.4 Å². The standard InChI is InChI=1S/C21H26N2O4/c1-14-12-27-13-15(2)23(14)18-7-5-17(6-8-18)22-21(24)16-9-19(25-3)11-20(10-16)26-4/h5-11,14-15H,12-13H2,1-4H3,(H,22,24). The van der Waals surface area contributed by atoms with Crippen LogP contribution in [0.1, 0.15) is 24.2 Å². The summed E-state index contributed by atoms with van der Waals surface area (Å²) in [5.74, 6) is 0.934. The van der Waals surface area contributed by atoms with Crippen molar-refractivity contribution in [3.8, 4) is 11.5 Å². The fourth-order valence-electron chi connectivity index (χ4n) is 3.37. The maximum Gasteiger partial charge on any atom is 0.255 e. The Hall–Kier alpha value is -2.73. The third kappa shape index (κ3) is 4.34. The van der Waals surface area contributed by atoms with Gasteiger partial charge in [-0.15, -0.1) is 0 Å². The zero-order valence-electron chi connectivity index (χ0n) is 16.2. The van der Waals surface area contributed by atoms with E-state index in [0.717, 1.165) is 24.6 Å². The normalized spacial score (nSPS) is 19.5. The van der Waals surface area contributed by atoms with Gasteiger partial charge in [-0.25, -0.2) is 0 Å². The Balaban J connectivity index is 1.74. The number of hydrogen-bond acceptors (Lipinski definition) is 5. The summed E-state index contributed by atoms with van der Waals surface area (Å²) in [6.45, 7) is 5.75. The van der Waals surface area contributed by atoms with E-state index in [1.807, 2.05) is 24.3 Å². The van der Waals surface area contributed by atoms with Crippen molar-refractivity contribution in [2.75, 3.05) is 37.7 Å². The molecule has 1 saturated heterocycles. The number of carbonyl (C=O) groups is 1. The Morgan fingerprint density at radius 3 is 2.07 bits per heavy atom. The summed E-state index contributed by atoms with van der Waals surface area (Å²) >= 11 is 0. The molecule has 0 radical (unpaired) electrons. The third-order valence-corrected chi connectivity index (χ3v) is 4.70. The minimum atomic E-state index is -0.215. The van der Waals surface area contributed by atoms with E-state index in [0.29, 0.717) is 29.1 Å². The van der Waals surface area contributed by atoms with Crippen molar-refractivity contribution in [1.29, 1.82) is 0 Å². The van der Waals surface area contributed by atoms with Gasteiger partial charge in [0.1, 0.15) is 11.5 Å². The van der Waals surface area contributed by atoms with Crippen LogP contribution in [-0.4, -0.2) is 45.4 Å². The zero-order chi connectivity index (χ0) is 19.4. The molecule has 2 aromatic carbocycles. The number of hydrogen-bond donors (Lipinski definition) is 1. The molecule has 144 valence electrons. The average Bonchev–Trinajstić information content (AvgIpc) is 2.68. The van der Waals surface area contributed by atoms with Crippen LogP contribution < -0.4 is 19.7 Å². The van der Waals surface area contributed by atoms with Crippen LogP contribution in [0, 0.1) is 0 Å². The van der Waals surface area contributed by atoms with Gasteiger partial charge in [0, 0.05) is 35.1 Å². The molecule has 0 spiro atoms. The Bertz CT molecular complexity index is 759. The summed E-state index contributed by atoms with van der Waals surface area (Å²) in [6.07, 6.45) is 0. The Morgan fingerprint density at radius 2 is 1.56 bits per heavy atom. The Labute approximate surface area is 160 Å². The second-order valence-electron chi connectivity index (χ2n) is 6.75. The predicted molar refractivity (Wildman–Crippen MR) is 106 cm³/mol. The smallest absolute Gasteiger partial charge is 0.255 e. The Kier molecular flexibility index (Phi) is 5.86. The molecule has 0 aromatic heterocycles. The van der Waals surface area contributed by atoms with E-state index in [-0.39, 0.29) is 5.91 Å². The predicted octanol–water partition coefficient (Wildman–Crippen LogP) is 3.57. The van der Waals surface area contributed by atoms with Crippen LogP contribution in [-0.2, 0) is 4.74 Å². The van der Waals surface area contributed by atoms with Crippen LogP contribution in [0.3, 0.4) is 0 Å². The van der Waals surface area contributed by atoms with Gasteiger partial charge in [0.25, 0.3) is 5.91 Å². The summed E-state index contributed by atoms with van der Waals surface area (Å²) in [6, 6.07) is 13.6. The molecule has 6 nitrogen and oxygen atoms in total. The quantitative estimate of drug-likeness (QED) is 0.872. The number of carbonyl (C=O) groups excluding carboxylic acids is 1. The van der Waals surface area contributed by atoms with Gasteiger partial charge in [-0.3, -0.25) is 4.79 Å². The van der Waals surface area contributed by atoms with Crippen LogP contribution in [0.4, 0.5) is 11.4 Å². The van der Waals surface area contributed by atoms with Crippen LogP contribution >= 0.6 is 0 Å². The van der Waals surface area contributed by atoms with E-state index < -0.39 is 0 Å². The van der Waals surface area contributed by atoms with E-state index >= 15 is 0 Å². The summed E-state index contributed by atoms with van der Waals surface area (Å²) in [7, 11) is 3.12. The number of nitrogens with one attached hydrogen (secondary N) is 1. The monoisotopic (exact) mass is 370 g/mol. The summed E-state index contributed by atoms with van der Waals surface area (Å²) < 4.78 is 16.0. The molecule has 3 rings (SSSR count). The molecule has 1 amide bonds. The van der Waals surface area contributed by atoms with Crippen molar-refractivity contribution >= 4 is 17.3 Å². The van der Waals surface area contributed by atoms with Crippen LogP contribution in [0.25, 0.3) is 0 Å². The number of morpholine rings is 1. The van der Waals surface area contributed by atoms with E-state index in [2.05, 4.69) is 24.1 Å². The molecule has 0 aliphatic carbocycles. The highest BCUT2D eigenvalue weighted by molar-refractivity contribution is 6.04. The van der Waals surface area contributed by atoms with Gasteiger partial charge in [0.05, 0.1) is 27.4 Å². The second-order valence-corrected chi connectivity index (χ2v) is 6.75. The number of nitrogens with zero attached hydrogens (tertiary/aromatic N) is 1. The lowest BCUT2D eigenvalue weighted by molar-refractivity contribution is 0.0757. The Morgan fingerprint density at radius 1 is 1.00 bits per heavy atom. The van der Waals surface area contributed by atoms with Crippen molar-refractivity contribution in [3.63, 3.8) is 0 Å². The van der Waals surface area contributed by atoms with Crippen molar-refractivity contribution in [2.45, 2.75) is 25.9 Å². The fourth-order valence-corrected chi connectivity index (χ4v) is 3.37. The average molecular weight is 370 g/mol. The molecule has 0 saturated carbocycles. The highest BCUT2D eigenvalue weighted by Crippen LogP contribution is 2.26. The lowest BCUT2D eigenvalue weighted by atomic mass is 10.1. The van der Waals surface area contributed by atoms with Crippen LogP contribution in [0.2, 0.25) is 0 Å². The van der Waals surface area contributed by atoms with Gasteiger partial charge >= 0.3 is 0 Å². The van der Waals surface area contributed by atoms with Crippen molar-refractivity contribution < 1.29 is 19.0 Å². The van der Waals surface area contributed by atoms with Gasteiger partial charge in [-0.1, -0.05) is 0 Å². The minimum Gasteiger partial charge on any atom is -0.497 e. The minimum absolute atomic E-state index is 0.215. The molecular weight excluding hydrogens is 344 g/mol. The van der Waals surface area contributed by atoms with E-state index in [9.17, 15) is 4.79 Å². The summed E-state index contributed by atoms with van der Waals surface area (Å²) in [4.78, 5) is 14.9. The summed E-state index contributed by atoms with van der Waals surface area (Å²) in [5, 5.41) is 2.92. The van der Waals surface area contributed by atoms with Crippen LogP contribution in [0.15, 0.2) is 42.5 Å². The molecule has 2 aromatic rings. The van der Waals surface area contributed by atoms with Gasteiger partial charge in [0.15, 0.2) is 0 Å². The first-order chi connectivity index (χ1) is 13.0. The van der Waals surface area contributed by atoms with E-state index in [1.165, 1.54) is 0 Å². The number of amides is 1. The molecular formula is C21H26N2O4. The lowest BCUT2D eigenvalue weighted by Crippen LogP contribution is -2.49. The largest absolute Gasteiger partial charge is 0.497 e. The summed E-state index contributed by atoms with van der Waals surface area (Å²) in [5.41, 5.74) is 2.34. The first-order valence-electron chi connectivity index (χ1n) is 9.02. The highest BCUT2D eigenvalue weighted by Gasteiger charge is 2.25. The van der Waals surface area contributed by atoms with Crippen molar-refractivity contribution in [2.24, 2.45) is 0 Å². The lowest BCUT2D eigenvalue weighted by Gasteiger charge is -2.40. The number of ether oxygens (including phenoxy) is 3. The molecule has 0 bridgehead atoms. The van der Waals surface area contributed by atoms with Gasteiger partial charge in [-0.05, 0) is 50.2 Å². The van der Waals surface area contributed by atoms with Crippen molar-refractivity contribution in [3.05, 3.63) is 48.0 Å². The number of methoxy groups -OCH3 is 2. The second kappa shape index (κ2) is 8.31. The maximum atomic E-state index is 12.6. The number of anilines is 2. The van der Waals surface area contributed by atoms with Gasteiger partial charge < -0.3 is 24.4 Å². The molecule has 2 atom stereocenters. The maximum absolute atomic E-state index is 12.6. The van der Waals surface area contributed by atoms with Gasteiger partial charge in [-0.2, -0.15) is 0 Å². The zero-order valence-corrected chi connectivity index (χ0v) is 16.2. The molecule has 1 N–H and O–H groups in total. The third-order valence-electron chi connectivity index (χ3n) is 4.70. The SMILES string of the molecule is COc1cc(OC)cc(C(=O)Nc2ccc(N3C(C)COCC3C)cc2)c1. The first kappa shape index (κ1) is 19.0. The molecule has 1 aliphatic heterocycles. The van der Waals surface area contributed by atoms with Crippen molar-refractivity contribution in [1.82, 2.24) is 0 Å². The number of rotatable bonds is 5. The van der Waals surface area contributed by atoms with Gasteiger partial charge in [0.2, 0.25) is 0 Å². The van der Waals surface area contributed by atoms with Crippen LogP contribution in [0.5, 0.6) is 11.5 Å². The molecule has 6 heteroatoms. The topological polar surface area (TPSA) is 60.0 Å². The molecule has 27 heavy (non-hydrogen) atoms. The molecule has 1 fully saturated rings. The molecule has 2 unspecified atom stereocenters. The first-order valence-corrected chi connectivity index (χ1v) is 9.02. The fraction of sp³-hybridized carbons (Fsp3) is 0.381. The van der Waals surface area contributed by atoms with E-state index in [4.69, 9.17) is 14.2 Å². The highest BCUT2D eigenvalue weighted by atomic mass is 16.5. The molecule has 1 heterocycles. The number of benzene rings is 2.